The zero-order valence-electron chi connectivity index (χ0n) is 8.97. The lowest BCUT2D eigenvalue weighted by molar-refractivity contribution is -0.144. The first-order valence-corrected chi connectivity index (χ1v) is 5.37. The standard InChI is InChI=1S/C10H13F2NO4/c11-10(12)1-2-13(4-10)3-5-6(8(14)15)7(5)9(16)17/h5-7H,1-4H2,(H,14,15)(H,16,17). The first-order valence-electron chi connectivity index (χ1n) is 5.37. The lowest BCUT2D eigenvalue weighted by Crippen LogP contribution is -2.28. The van der Waals surface area contributed by atoms with Crippen LogP contribution in [0.3, 0.4) is 0 Å². The van der Waals surface area contributed by atoms with Crippen molar-refractivity contribution in [2.75, 3.05) is 19.6 Å². The second kappa shape index (κ2) is 3.90. The van der Waals surface area contributed by atoms with Crippen molar-refractivity contribution in [3.8, 4) is 0 Å². The highest BCUT2D eigenvalue weighted by atomic mass is 19.3. The van der Waals surface area contributed by atoms with Crippen LogP contribution in [0.2, 0.25) is 0 Å². The zero-order valence-corrected chi connectivity index (χ0v) is 8.97. The van der Waals surface area contributed by atoms with Crippen LogP contribution < -0.4 is 0 Å². The molecular formula is C10H13F2NO4. The minimum atomic E-state index is -2.73. The zero-order chi connectivity index (χ0) is 12.8. The SMILES string of the molecule is O=C(O)C1C(CN2CCC(F)(F)C2)C1C(=O)O. The Morgan fingerprint density at radius 3 is 2.12 bits per heavy atom. The molecule has 0 radical (unpaired) electrons. The van der Waals surface area contributed by atoms with Gasteiger partial charge in [0, 0.05) is 19.5 Å². The van der Waals surface area contributed by atoms with Gasteiger partial charge in [-0.3, -0.25) is 14.5 Å². The summed E-state index contributed by atoms with van der Waals surface area (Å²) in [5.74, 6) is -7.45. The molecule has 2 atom stereocenters. The fourth-order valence-electron chi connectivity index (χ4n) is 2.54. The Bertz CT molecular complexity index is 340. The van der Waals surface area contributed by atoms with Crippen molar-refractivity contribution >= 4 is 11.9 Å². The fraction of sp³-hybridized carbons (Fsp3) is 0.800. The summed E-state index contributed by atoms with van der Waals surface area (Å²) in [5.41, 5.74) is 0. The predicted molar refractivity (Wildman–Crippen MR) is 51.7 cm³/mol. The number of halogens is 2. The summed E-state index contributed by atoms with van der Waals surface area (Å²) in [6, 6.07) is 0. The van der Waals surface area contributed by atoms with Gasteiger partial charge in [-0.15, -0.1) is 0 Å². The molecule has 1 saturated heterocycles. The average Bonchev–Trinajstić information content (AvgIpc) is 2.78. The molecular weight excluding hydrogens is 236 g/mol. The number of carbonyl (C=O) groups is 2. The first kappa shape index (κ1) is 12.2. The Kier molecular flexibility index (Phi) is 2.81. The number of aliphatic carboxylic acids is 2. The Morgan fingerprint density at radius 1 is 1.24 bits per heavy atom. The van der Waals surface area contributed by atoms with Crippen LogP contribution in [0.1, 0.15) is 6.42 Å². The number of nitrogens with zero attached hydrogens (tertiary/aromatic N) is 1. The summed E-state index contributed by atoms with van der Waals surface area (Å²) in [4.78, 5) is 23.0. The lowest BCUT2D eigenvalue weighted by Gasteiger charge is -2.14. The minimum Gasteiger partial charge on any atom is -0.481 e. The van der Waals surface area contributed by atoms with Gasteiger partial charge in [-0.05, 0) is 5.92 Å². The molecule has 0 aromatic carbocycles. The molecule has 1 aliphatic heterocycles. The number of carboxylic acid groups (broad SMARTS) is 2. The second-order valence-electron chi connectivity index (χ2n) is 4.73. The number of rotatable bonds is 4. The number of carboxylic acids is 2. The van der Waals surface area contributed by atoms with Gasteiger partial charge in [0.2, 0.25) is 0 Å². The molecule has 2 unspecified atom stereocenters. The largest absolute Gasteiger partial charge is 0.481 e. The average molecular weight is 249 g/mol. The van der Waals surface area contributed by atoms with E-state index in [1.807, 2.05) is 0 Å². The van der Waals surface area contributed by atoms with Gasteiger partial charge in [-0.1, -0.05) is 0 Å². The topological polar surface area (TPSA) is 77.8 Å². The van der Waals surface area contributed by atoms with Crippen molar-refractivity contribution in [1.82, 2.24) is 4.90 Å². The monoisotopic (exact) mass is 249 g/mol. The number of alkyl halides is 2. The quantitative estimate of drug-likeness (QED) is 0.752. The second-order valence-corrected chi connectivity index (χ2v) is 4.73. The molecule has 0 amide bonds. The van der Waals surface area contributed by atoms with Gasteiger partial charge < -0.3 is 10.2 Å². The highest BCUT2D eigenvalue weighted by Gasteiger charge is 2.60. The minimum absolute atomic E-state index is 0.128. The van der Waals surface area contributed by atoms with Crippen LogP contribution in [0.5, 0.6) is 0 Å². The maximum atomic E-state index is 12.9. The van der Waals surface area contributed by atoms with E-state index in [0.717, 1.165) is 0 Å². The Morgan fingerprint density at radius 2 is 1.76 bits per heavy atom. The molecule has 2 fully saturated rings. The molecule has 1 heterocycles. The third-order valence-corrected chi connectivity index (χ3v) is 3.46. The predicted octanol–water partition coefficient (Wildman–Crippen LogP) is 0.359. The third-order valence-electron chi connectivity index (χ3n) is 3.46. The van der Waals surface area contributed by atoms with Gasteiger partial charge in [-0.25, -0.2) is 8.78 Å². The van der Waals surface area contributed by atoms with E-state index in [2.05, 4.69) is 0 Å². The molecule has 0 spiro atoms. The number of likely N-dealkylation sites (tertiary alicyclic amines) is 1. The van der Waals surface area contributed by atoms with E-state index in [0.29, 0.717) is 0 Å². The van der Waals surface area contributed by atoms with E-state index >= 15 is 0 Å². The van der Waals surface area contributed by atoms with Gasteiger partial charge in [0.05, 0.1) is 18.4 Å². The van der Waals surface area contributed by atoms with Crippen molar-refractivity contribution in [2.45, 2.75) is 12.3 Å². The van der Waals surface area contributed by atoms with Crippen molar-refractivity contribution < 1.29 is 28.6 Å². The molecule has 0 aromatic heterocycles. The fourth-order valence-corrected chi connectivity index (χ4v) is 2.54. The lowest BCUT2D eigenvalue weighted by atomic mass is 10.3. The van der Waals surface area contributed by atoms with Gasteiger partial charge in [0.25, 0.3) is 5.92 Å². The van der Waals surface area contributed by atoms with Crippen LogP contribution in [-0.4, -0.2) is 52.6 Å². The molecule has 1 aliphatic carbocycles. The summed E-state index contributed by atoms with van der Waals surface area (Å²) in [5, 5.41) is 17.6. The molecule has 0 bridgehead atoms. The molecule has 96 valence electrons. The van der Waals surface area contributed by atoms with E-state index < -0.39 is 42.2 Å². The van der Waals surface area contributed by atoms with Crippen LogP contribution in [0.15, 0.2) is 0 Å². The van der Waals surface area contributed by atoms with Crippen LogP contribution in [0, 0.1) is 17.8 Å². The molecule has 5 nitrogen and oxygen atoms in total. The van der Waals surface area contributed by atoms with Crippen LogP contribution in [0.25, 0.3) is 0 Å². The van der Waals surface area contributed by atoms with Crippen molar-refractivity contribution in [3.05, 3.63) is 0 Å². The van der Waals surface area contributed by atoms with E-state index in [1.54, 1.807) is 0 Å². The van der Waals surface area contributed by atoms with Crippen molar-refractivity contribution in [3.63, 3.8) is 0 Å². The number of hydrogen-bond acceptors (Lipinski definition) is 3. The van der Waals surface area contributed by atoms with Crippen molar-refractivity contribution in [1.29, 1.82) is 0 Å². The van der Waals surface area contributed by atoms with E-state index in [-0.39, 0.29) is 19.5 Å². The van der Waals surface area contributed by atoms with Gasteiger partial charge in [0.15, 0.2) is 0 Å². The smallest absolute Gasteiger partial charge is 0.307 e. The molecule has 0 aromatic rings. The van der Waals surface area contributed by atoms with Crippen LogP contribution >= 0.6 is 0 Å². The molecule has 7 heteroatoms. The van der Waals surface area contributed by atoms with E-state index in [1.165, 1.54) is 4.90 Å². The summed E-state index contributed by atoms with van der Waals surface area (Å²) in [7, 11) is 0. The summed E-state index contributed by atoms with van der Waals surface area (Å²) in [6.07, 6.45) is -0.241. The maximum absolute atomic E-state index is 12.9. The van der Waals surface area contributed by atoms with Crippen LogP contribution in [0.4, 0.5) is 8.78 Å². The normalized spacial score (nSPS) is 35.8. The Hall–Kier alpha value is -1.24. The number of hydrogen-bond donors (Lipinski definition) is 2. The Labute approximate surface area is 96.0 Å². The van der Waals surface area contributed by atoms with Gasteiger partial charge >= 0.3 is 11.9 Å². The van der Waals surface area contributed by atoms with E-state index in [9.17, 15) is 18.4 Å². The maximum Gasteiger partial charge on any atom is 0.307 e. The third kappa shape index (κ3) is 2.38. The van der Waals surface area contributed by atoms with Gasteiger partial charge in [0.1, 0.15) is 0 Å². The van der Waals surface area contributed by atoms with Crippen LogP contribution in [-0.2, 0) is 9.59 Å². The molecule has 17 heavy (non-hydrogen) atoms. The molecule has 2 N–H and O–H groups in total. The highest BCUT2D eigenvalue weighted by Crippen LogP contribution is 2.47. The Balaban J connectivity index is 1.92. The van der Waals surface area contributed by atoms with E-state index in [4.69, 9.17) is 10.2 Å². The van der Waals surface area contributed by atoms with Crippen molar-refractivity contribution in [2.24, 2.45) is 17.8 Å². The molecule has 1 saturated carbocycles. The summed E-state index contributed by atoms with van der Waals surface area (Å²) < 4.78 is 25.8. The molecule has 2 aliphatic rings. The first-order chi connectivity index (χ1) is 7.82. The molecule has 2 rings (SSSR count). The summed E-state index contributed by atoms with van der Waals surface area (Å²) in [6.45, 7) is -0.0755. The van der Waals surface area contributed by atoms with Gasteiger partial charge in [-0.2, -0.15) is 0 Å². The highest BCUT2D eigenvalue weighted by molar-refractivity contribution is 5.86. The summed E-state index contributed by atoms with van der Waals surface area (Å²) >= 11 is 0.